The Labute approximate surface area is 124 Å². The largest absolute Gasteiger partial charge is 0.370 e. The number of nitro groups is 1. The highest BCUT2D eigenvalue weighted by atomic mass is 16.6. The van der Waals surface area contributed by atoms with Crippen LogP contribution in [-0.2, 0) is 0 Å². The van der Waals surface area contributed by atoms with E-state index < -0.39 is 0 Å². The van der Waals surface area contributed by atoms with Crippen molar-refractivity contribution in [3.8, 4) is 0 Å². The van der Waals surface area contributed by atoms with Crippen molar-refractivity contribution in [2.75, 3.05) is 18.5 Å². The summed E-state index contributed by atoms with van der Waals surface area (Å²) in [5, 5.41) is 13.1. The summed E-state index contributed by atoms with van der Waals surface area (Å²) in [6, 6.07) is 14.3. The lowest BCUT2D eigenvalue weighted by Crippen LogP contribution is -2.17. The first-order valence-corrected chi connectivity index (χ1v) is 6.79. The molecule has 0 N–H and O–H groups in total. The number of likely N-dealkylation sites (N-methyl/N-ethyl adjacent to an activating group) is 1. The van der Waals surface area contributed by atoms with Gasteiger partial charge in [0.2, 0.25) is 0 Å². The topological polar surface area (TPSA) is 46.4 Å². The Morgan fingerprint density at radius 2 is 1.95 bits per heavy atom. The van der Waals surface area contributed by atoms with Gasteiger partial charge >= 0.3 is 0 Å². The quantitative estimate of drug-likeness (QED) is 0.473. The van der Waals surface area contributed by atoms with Gasteiger partial charge in [-0.2, -0.15) is 0 Å². The minimum Gasteiger partial charge on any atom is -0.370 e. The van der Waals surface area contributed by atoms with Crippen molar-refractivity contribution >= 4 is 16.5 Å². The molecule has 2 rings (SSSR count). The second-order valence-corrected chi connectivity index (χ2v) is 4.75. The van der Waals surface area contributed by atoms with Crippen molar-refractivity contribution in [2.24, 2.45) is 0 Å². The number of benzene rings is 2. The molecule has 4 heteroatoms. The summed E-state index contributed by atoms with van der Waals surface area (Å²) in [7, 11) is 1.98. The summed E-state index contributed by atoms with van der Waals surface area (Å²) < 4.78 is 0. The molecule has 0 spiro atoms. The molecule has 4 nitrogen and oxygen atoms in total. The van der Waals surface area contributed by atoms with Crippen LogP contribution < -0.4 is 4.90 Å². The summed E-state index contributed by atoms with van der Waals surface area (Å²) >= 11 is 0. The van der Waals surface area contributed by atoms with Gasteiger partial charge in [0.05, 0.1) is 4.92 Å². The molecule has 0 amide bonds. The van der Waals surface area contributed by atoms with Gasteiger partial charge in [-0.05, 0) is 24.5 Å². The van der Waals surface area contributed by atoms with Crippen molar-refractivity contribution < 1.29 is 4.92 Å². The maximum absolute atomic E-state index is 10.7. The smallest absolute Gasteiger partial charge is 0.264 e. The zero-order chi connectivity index (χ0) is 15.2. The number of nitrogens with zero attached hydrogens (tertiary/aromatic N) is 2. The summed E-state index contributed by atoms with van der Waals surface area (Å²) in [4.78, 5) is 12.4. The summed E-state index contributed by atoms with van der Waals surface area (Å²) in [5.74, 6) is 0. The molecule has 108 valence electrons. The predicted octanol–water partition coefficient (Wildman–Crippen LogP) is 4.01. The van der Waals surface area contributed by atoms with Crippen LogP contribution in [0.4, 0.5) is 5.69 Å². The number of hydrogen-bond acceptors (Lipinski definition) is 3. The van der Waals surface area contributed by atoms with Gasteiger partial charge in [0.1, 0.15) is 0 Å². The third kappa shape index (κ3) is 3.48. The van der Waals surface area contributed by atoms with Crippen LogP contribution >= 0.6 is 0 Å². The van der Waals surface area contributed by atoms with E-state index in [2.05, 4.69) is 29.2 Å². The zero-order valence-electron chi connectivity index (χ0n) is 12.2. The summed E-state index contributed by atoms with van der Waals surface area (Å²) in [6.07, 6.45) is 4.84. The first kappa shape index (κ1) is 14.8. The van der Waals surface area contributed by atoms with E-state index in [0.29, 0.717) is 6.54 Å². The Balaban J connectivity index is 2.18. The van der Waals surface area contributed by atoms with E-state index in [1.54, 1.807) is 19.1 Å². The lowest BCUT2D eigenvalue weighted by molar-refractivity contribution is -0.419. The van der Waals surface area contributed by atoms with Gasteiger partial charge in [-0.15, -0.1) is 0 Å². The van der Waals surface area contributed by atoms with Crippen molar-refractivity contribution in [2.45, 2.75) is 6.92 Å². The fraction of sp³-hybridized carbons (Fsp3) is 0.176. The molecule has 2 aromatic rings. The molecule has 0 bridgehead atoms. The first-order valence-electron chi connectivity index (χ1n) is 6.79. The number of anilines is 1. The van der Waals surface area contributed by atoms with Crippen LogP contribution in [0.25, 0.3) is 10.8 Å². The molecule has 0 aliphatic carbocycles. The number of hydrogen-bond donors (Lipinski definition) is 0. The normalized spacial score (nSPS) is 12.0. The predicted molar refractivity (Wildman–Crippen MR) is 87.1 cm³/mol. The minimum atomic E-state index is -0.381. The SMILES string of the molecule is C/C=C(\C=C/CN(C)c1cccc2ccccc12)[N+](=O)[O-]. The maximum atomic E-state index is 10.7. The maximum Gasteiger partial charge on any atom is 0.264 e. The molecule has 0 saturated heterocycles. The molecule has 0 aliphatic rings. The van der Waals surface area contributed by atoms with Crippen LogP contribution in [0.15, 0.2) is 66.4 Å². The van der Waals surface area contributed by atoms with E-state index >= 15 is 0 Å². The van der Waals surface area contributed by atoms with Crippen LogP contribution in [0.1, 0.15) is 6.92 Å². The monoisotopic (exact) mass is 282 g/mol. The van der Waals surface area contributed by atoms with Gasteiger partial charge in [0.15, 0.2) is 0 Å². The Hall–Kier alpha value is -2.62. The van der Waals surface area contributed by atoms with Crippen LogP contribution in [0.5, 0.6) is 0 Å². The van der Waals surface area contributed by atoms with Crippen LogP contribution in [-0.4, -0.2) is 18.5 Å². The van der Waals surface area contributed by atoms with Gasteiger partial charge in [0, 0.05) is 30.7 Å². The standard InChI is InChI=1S/C17H18N2O2/c1-3-15(19(20)21)10-7-13-18(2)17-12-6-9-14-8-4-5-11-16(14)17/h3-12H,13H2,1-2H3/b10-7-,15-3+. The van der Waals surface area contributed by atoms with Crippen molar-refractivity contribution in [3.05, 3.63) is 76.5 Å². The van der Waals surface area contributed by atoms with E-state index in [0.717, 1.165) is 5.69 Å². The molecule has 0 atom stereocenters. The molecular formula is C17H18N2O2. The lowest BCUT2D eigenvalue weighted by atomic mass is 10.1. The van der Waals surface area contributed by atoms with Gasteiger partial charge in [0.25, 0.3) is 5.70 Å². The second kappa shape index (κ2) is 6.70. The molecule has 0 fully saturated rings. The van der Waals surface area contributed by atoms with Crippen LogP contribution in [0.2, 0.25) is 0 Å². The number of fused-ring (bicyclic) bond motifs is 1. The van der Waals surface area contributed by atoms with Crippen LogP contribution in [0, 0.1) is 10.1 Å². The molecule has 0 aromatic heterocycles. The zero-order valence-corrected chi connectivity index (χ0v) is 12.2. The third-order valence-corrected chi connectivity index (χ3v) is 3.35. The van der Waals surface area contributed by atoms with E-state index in [-0.39, 0.29) is 10.6 Å². The average Bonchev–Trinajstić information content (AvgIpc) is 2.50. The Morgan fingerprint density at radius 1 is 1.24 bits per heavy atom. The minimum absolute atomic E-state index is 0.112. The molecule has 0 unspecified atom stereocenters. The van der Waals surface area contributed by atoms with E-state index in [9.17, 15) is 10.1 Å². The van der Waals surface area contributed by atoms with E-state index in [4.69, 9.17) is 0 Å². The fourth-order valence-corrected chi connectivity index (χ4v) is 2.23. The summed E-state index contributed by atoms with van der Waals surface area (Å²) in [5.41, 5.74) is 1.22. The summed E-state index contributed by atoms with van der Waals surface area (Å²) in [6.45, 7) is 2.27. The molecule has 0 radical (unpaired) electrons. The van der Waals surface area contributed by atoms with Gasteiger partial charge in [-0.1, -0.05) is 42.5 Å². The molecule has 21 heavy (non-hydrogen) atoms. The first-order chi connectivity index (χ1) is 10.1. The third-order valence-electron chi connectivity index (χ3n) is 3.35. The van der Waals surface area contributed by atoms with E-state index in [1.165, 1.54) is 16.8 Å². The fourth-order valence-electron chi connectivity index (χ4n) is 2.23. The lowest BCUT2D eigenvalue weighted by Gasteiger charge is -2.19. The Kier molecular flexibility index (Phi) is 4.72. The second-order valence-electron chi connectivity index (χ2n) is 4.75. The Morgan fingerprint density at radius 3 is 2.67 bits per heavy atom. The van der Waals surface area contributed by atoms with Gasteiger partial charge < -0.3 is 4.90 Å². The highest BCUT2D eigenvalue weighted by Gasteiger charge is 2.05. The molecule has 0 heterocycles. The van der Waals surface area contributed by atoms with Crippen LogP contribution in [0.3, 0.4) is 0 Å². The molecular weight excluding hydrogens is 264 g/mol. The van der Waals surface area contributed by atoms with Crippen molar-refractivity contribution in [3.63, 3.8) is 0 Å². The van der Waals surface area contributed by atoms with Gasteiger partial charge in [-0.3, -0.25) is 10.1 Å². The Bertz CT molecular complexity index is 700. The molecule has 0 aliphatic heterocycles. The molecule has 2 aromatic carbocycles. The highest BCUT2D eigenvalue weighted by molar-refractivity contribution is 5.94. The average molecular weight is 282 g/mol. The van der Waals surface area contributed by atoms with E-state index in [1.807, 2.05) is 25.2 Å². The molecule has 0 saturated carbocycles. The van der Waals surface area contributed by atoms with Gasteiger partial charge in [-0.25, -0.2) is 0 Å². The number of allylic oxidation sites excluding steroid dienone is 2. The van der Waals surface area contributed by atoms with Crippen molar-refractivity contribution in [1.82, 2.24) is 0 Å². The highest BCUT2D eigenvalue weighted by Crippen LogP contribution is 2.25. The van der Waals surface area contributed by atoms with Crippen molar-refractivity contribution in [1.29, 1.82) is 0 Å². The number of rotatable bonds is 5.